The Labute approximate surface area is 181 Å². The molecule has 0 bridgehead atoms. The fourth-order valence-corrected chi connectivity index (χ4v) is 4.97. The maximum absolute atomic E-state index is 13.4. The van der Waals surface area contributed by atoms with Crippen LogP contribution in [0.25, 0.3) is 6.08 Å². The predicted molar refractivity (Wildman–Crippen MR) is 122 cm³/mol. The van der Waals surface area contributed by atoms with Gasteiger partial charge in [-0.25, -0.2) is 4.99 Å². The molecule has 1 heterocycles. The van der Waals surface area contributed by atoms with E-state index in [1.807, 2.05) is 59.5 Å². The Morgan fingerprint density at radius 2 is 1.80 bits per heavy atom. The van der Waals surface area contributed by atoms with Crippen LogP contribution in [0.15, 0.2) is 58.4 Å². The normalized spacial score (nSPS) is 20.2. The molecule has 2 aromatic rings. The van der Waals surface area contributed by atoms with Gasteiger partial charge in [0.25, 0.3) is 5.91 Å². The molecule has 2 aliphatic rings. The molecule has 0 aromatic heterocycles. The SMILES string of the molecule is COc1ccc(/C=C2/SC(=Nc3ccccc3)N(C3CCCCC3)C2=O)c(OC)c1. The molecule has 4 rings (SSSR count). The van der Waals surface area contributed by atoms with Gasteiger partial charge < -0.3 is 9.47 Å². The van der Waals surface area contributed by atoms with Crippen LogP contribution in [0.4, 0.5) is 5.69 Å². The van der Waals surface area contributed by atoms with Crippen LogP contribution >= 0.6 is 11.8 Å². The van der Waals surface area contributed by atoms with Crippen molar-refractivity contribution in [3.8, 4) is 11.5 Å². The first-order valence-corrected chi connectivity index (χ1v) is 11.1. The number of amidine groups is 1. The molecule has 0 unspecified atom stereocenters. The summed E-state index contributed by atoms with van der Waals surface area (Å²) < 4.78 is 10.8. The van der Waals surface area contributed by atoms with Gasteiger partial charge in [0.1, 0.15) is 11.5 Å². The molecule has 1 aliphatic heterocycles. The second kappa shape index (κ2) is 9.39. The maximum atomic E-state index is 13.4. The molecular formula is C24H26N2O3S. The summed E-state index contributed by atoms with van der Waals surface area (Å²) in [6, 6.07) is 15.6. The molecule has 5 nitrogen and oxygen atoms in total. The number of aliphatic imine (C=N–C) groups is 1. The number of carbonyl (C=O) groups excluding carboxylic acids is 1. The number of benzene rings is 2. The van der Waals surface area contributed by atoms with Gasteiger partial charge in [-0.05, 0) is 54.9 Å². The van der Waals surface area contributed by atoms with E-state index in [0.717, 1.165) is 47.9 Å². The fraction of sp³-hybridized carbons (Fsp3) is 0.333. The molecule has 2 aromatic carbocycles. The Morgan fingerprint density at radius 3 is 2.50 bits per heavy atom. The first-order chi connectivity index (χ1) is 14.7. The van der Waals surface area contributed by atoms with Crippen LogP contribution in [0, 0.1) is 0 Å². The molecular weight excluding hydrogens is 396 g/mol. The van der Waals surface area contributed by atoms with Gasteiger partial charge in [0.05, 0.1) is 24.8 Å². The standard InChI is InChI=1S/C24H26N2O3S/c1-28-20-14-13-17(21(16-20)29-2)15-22-23(27)26(19-11-7-4-8-12-19)24(30-22)25-18-9-5-3-6-10-18/h3,5-6,9-10,13-16,19H,4,7-8,11-12H2,1-2H3/b22-15+,25-24?. The summed E-state index contributed by atoms with van der Waals surface area (Å²) in [4.78, 5) is 20.8. The molecule has 0 N–H and O–H groups in total. The molecule has 6 heteroatoms. The first kappa shape index (κ1) is 20.5. The minimum absolute atomic E-state index is 0.0273. The van der Waals surface area contributed by atoms with Crippen molar-refractivity contribution >= 4 is 34.6 Å². The highest BCUT2D eigenvalue weighted by atomic mass is 32.2. The molecule has 1 amide bonds. The van der Waals surface area contributed by atoms with Crippen molar-refractivity contribution in [2.45, 2.75) is 38.1 Å². The average Bonchev–Trinajstić information content (AvgIpc) is 3.09. The van der Waals surface area contributed by atoms with Gasteiger partial charge in [0, 0.05) is 17.7 Å². The molecule has 30 heavy (non-hydrogen) atoms. The van der Waals surface area contributed by atoms with E-state index in [2.05, 4.69) is 0 Å². The van der Waals surface area contributed by atoms with Crippen LogP contribution in [-0.2, 0) is 4.79 Å². The van der Waals surface area contributed by atoms with Crippen LogP contribution in [0.3, 0.4) is 0 Å². The van der Waals surface area contributed by atoms with E-state index in [4.69, 9.17) is 14.5 Å². The molecule has 2 fully saturated rings. The molecule has 0 atom stereocenters. The van der Waals surface area contributed by atoms with Gasteiger partial charge >= 0.3 is 0 Å². The molecule has 1 aliphatic carbocycles. The van der Waals surface area contributed by atoms with E-state index in [1.54, 1.807) is 14.2 Å². The van der Waals surface area contributed by atoms with Crippen LogP contribution in [-0.4, -0.2) is 36.2 Å². The number of rotatable bonds is 5. The molecule has 1 saturated carbocycles. The van der Waals surface area contributed by atoms with Crippen LogP contribution in [0.2, 0.25) is 0 Å². The number of carbonyl (C=O) groups is 1. The van der Waals surface area contributed by atoms with Gasteiger partial charge in [-0.3, -0.25) is 9.69 Å². The highest BCUT2D eigenvalue weighted by Crippen LogP contribution is 2.39. The Balaban J connectivity index is 1.71. The average molecular weight is 423 g/mol. The lowest BCUT2D eigenvalue weighted by Crippen LogP contribution is -2.40. The second-order valence-electron chi connectivity index (χ2n) is 7.42. The zero-order chi connectivity index (χ0) is 20.9. The third kappa shape index (κ3) is 4.38. The van der Waals surface area contributed by atoms with Gasteiger partial charge in [0.2, 0.25) is 0 Å². The number of amides is 1. The van der Waals surface area contributed by atoms with E-state index in [0.29, 0.717) is 10.7 Å². The van der Waals surface area contributed by atoms with Gasteiger partial charge in [-0.1, -0.05) is 37.5 Å². The van der Waals surface area contributed by atoms with Crippen LogP contribution in [0.1, 0.15) is 37.7 Å². The molecule has 1 saturated heterocycles. The molecule has 156 valence electrons. The van der Waals surface area contributed by atoms with Crippen molar-refractivity contribution in [2.75, 3.05) is 14.2 Å². The quantitative estimate of drug-likeness (QED) is 0.585. The largest absolute Gasteiger partial charge is 0.497 e. The number of nitrogens with zero attached hydrogens (tertiary/aromatic N) is 2. The number of methoxy groups -OCH3 is 2. The summed E-state index contributed by atoms with van der Waals surface area (Å²) in [6.07, 6.45) is 7.50. The second-order valence-corrected chi connectivity index (χ2v) is 8.42. The van der Waals surface area contributed by atoms with Crippen molar-refractivity contribution in [3.05, 3.63) is 59.0 Å². The van der Waals surface area contributed by atoms with Crippen LogP contribution < -0.4 is 9.47 Å². The third-order valence-corrected chi connectivity index (χ3v) is 6.47. The predicted octanol–water partition coefficient (Wildman–Crippen LogP) is 5.64. The zero-order valence-electron chi connectivity index (χ0n) is 17.3. The van der Waals surface area contributed by atoms with E-state index in [1.165, 1.54) is 18.2 Å². The zero-order valence-corrected chi connectivity index (χ0v) is 18.2. The monoisotopic (exact) mass is 422 g/mol. The molecule has 0 radical (unpaired) electrons. The Hall–Kier alpha value is -2.73. The lowest BCUT2D eigenvalue weighted by atomic mass is 9.94. The summed E-state index contributed by atoms with van der Waals surface area (Å²) >= 11 is 1.44. The number of hydrogen-bond acceptors (Lipinski definition) is 5. The maximum Gasteiger partial charge on any atom is 0.267 e. The van der Waals surface area contributed by atoms with Crippen molar-refractivity contribution in [1.29, 1.82) is 0 Å². The van der Waals surface area contributed by atoms with Gasteiger partial charge in [-0.2, -0.15) is 0 Å². The number of thioether (sulfide) groups is 1. The van der Waals surface area contributed by atoms with Crippen molar-refractivity contribution in [3.63, 3.8) is 0 Å². The topological polar surface area (TPSA) is 51.1 Å². The number of hydrogen-bond donors (Lipinski definition) is 0. The Morgan fingerprint density at radius 1 is 1.03 bits per heavy atom. The Bertz CT molecular complexity index is 966. The van der Waals surface area contributed by atoms with Gasteiger partial charge in [0.15, 0.2) is 5.17 Å². The number of para-hydroxylation sites is 1. The summed E-state index contributed by atoms with van der Waals surface area (Å²) in [6.45, 7) is 0. The van der Waals surface area contributed by atoms with Crippen molar-refractivity contribution < 1.29 is 14.3 Å². The lowest BCUT2D eigenvalue weighted by Gasteiger charge is -2.30. The van der Waals surface area contributed by atoms with E-state index < -0.39 is 0 Å². The van der Waals surface area contributed by atoms with E-state index in [-0.39, 0.29) is 11.9 Å². The highest BCUT2D eigenvalue weighted by molar-refractivity contribution is 8.18. The summed E-state index contributed by atoms with van der Waals surface area (Å²) in [5.74, 6) is 1.42. The van der Waals surface area contributed by atoms with Crippen LogP contribution in [0.5, 0.6) is 11.5 Å². The van der Waals surface area contributed by atoms with E-state index in [9.17, 15) is 4.79 Å². The third-order valence-electron chi connectivity index (χ3n) is 5.48. The smallest absolute Gasteiger partial charge is 0.267 e. The number of ether oxygens (including phenoxy) is 2. The lowest BCUT2D eigenvalue weighted by molar-refractivity contribution is -0.124. The first-order valence-electron chi connectivity index (χ1n) is 10.3. The minimum Gasteiger partial charge on any atom is -0.497 e. The van der Waals surface area contributed by atoms with E-state index >= 15 is 0 Å². The summed E-state index contributed by atoms with van der Waals surface area (Å²) in [5.41, 5.74) is 1.70. The fourth-order valence-electron chi connectivity index (χ4n) is 3.92. The summed E-state index contributed by atoms with van der Waals surface area (Å²) in [7, 11) is 3.24. The highest BCUT2D eigenvalue weighted by Gasteiger charge is 2.38. The Kier molecular flexibility index (Phi) is 6.43. The molecule has 0 spiro atoms. The minimum atomic E-state index is 0.0273. The summed E-state index contributed by atoms with van der Waals surface area (Å²) in [5, 5.41) is 0.761. The van der Waals surface area contributed by atoms with Gasteiger partial charge in [-0.15, -0.1) is 0 Å². The van der Waals surface area contributed by atoms with Crippen molar-refractivity contribution in [1.82, 2.24) is 4.90 Å². The van der Waals surface area contributed by atoms with Crippen molar-refractivity contribution in [2.24, 2.45) is 4.99 Å².